The highest BCUT2D eigenvalue weighted by atomic mass is 32.2. The molecule has 2 saturated heterocycles. The van der Waals surface area contributed by atoms with Crippen LogP contribution in [-0.2, 0) is 14.9 Å². The average molecular weight is 305 g/mol. The number of hydrogen-bond donors (Lipinski definition) is 1. The highest BCUT2D eigenvalue weighted by Crippen LogP contribution is 2.25. The maximum absolute atomic E-state index is 12.8. The fourth-order valence-corrected chi connectivity index (χ4v) is 4.91. The van der Waals surface area contributed by atoms with E-state index in [-0.39, 0.29) is 24.1 Å². The third-order valence-corrected chi connectivity index (χ3v) is 6.42. The van der Waals surface area contributed by atoms with E-state index in [0.717, 1.165) is 12.8 Å². The third kappa shape index (κ3) is 3.33. The van der Waals surface area contributed by atoms with Crippen molar-refractivity contribution in [3.63, 3.8) is 0 Å². The van der Waals surface area contributed by atoms with Crippen molar-refractivity contribution in [1.82, 2.24) is 8.61 Å². The molecular weight excluding hydrogens is 278 g/mol. The van der Waals surface area contributed by atoms with Gasteiger partial charge in [0, 0.05) is 31.7 Å². The highest BCUT2D eigenvalue weighted by Gasteiger charge is 2.39. The van der Waals surface area contributed by atoms with Gasteiger partial charge in [0.15, 0.2) is 0 Å². The normalized spacial score (nSPS) is 35.9. The summed E-state index contributed by atoms with van der Waals surface area (Å²) in [6.45, 7) is 7.81. The lowest BCUT2D eigenvalue weighted by Crippen LogP contribution is -2.57. The van der Waals surface area contributed by atoms with E-state index in [1.165, 1.54) is 0 Å². The minimum absolute atomic E-state index is 0.0361. The molecule has 2 aliphatic rings. The quantitative estimate of drug-likeness (QED) is 0.819. The van der Waals surface area contributed by atoms with Crippen LogP contribution in [0.3, 0.4) is 0 Å². The molecule has 7 heteroatoms. The van der Waals surface area contributed by atoms with E-state index in [2.05, 4.69) is 0 Å². The second-order valence-corrected chi connectivity index (χ2v) is 8.07. The lowest BCUT2D eigenvalue weighted by atomic mass is 9.93. The van der Waals surface area contributed by atoms with Gasteiger partial charge in [-0.1, -0.05) is 0 Å². The molecule has 0 unspecified atom stereocenters. The van der Waals surface area contributed by atoms with Gasteiger partial charge in [-0.3, -0.25) is 0 Å². The van der Waals surface area contributed by atoms with Crippen molar-refractivity contribution in [2.75, 3.05) is 26.2 Å². The predicted octanol–water partition coefficient (Wildman–Crippen LogP) is 0.400. The van der Waals surface area contributed by atoms with Gasteiger partial charge in [0.25, 0.3) is 10.2 Å². The average Bonchev–Trinajstić information content (AvgIpc) is 2.41. The maximum Gasteiger partial charge on any atom is 0.282 e. The van der Waals surface area contributed by atoms with Crippen LogP contribution in [0.2, 0.25) is 0 Å². The van der Waals surface area contributed by atoms with Crippen LogP contribution in [0.25, 0.3) is 0 Å². The second kappa shape index (κ2) is 6.27. The summed E-state index contributed by atoms with van der Waals surface area (Å²) in [4.78, 5) is 0. The fourth-order valence-electron chi connectivity index (χ4n) is 2.96. The van der Waals surface area contributed by atoms with Crippen LogP contribution < -0.4 is 5.73 Å². The zero-order chi connectivity index (χ0) is 14.9. The largest absolute Gasteiger partial charge is 0.375 e. The molecule has 2 fully saturated rings. The fraction of sp³-hybridized carbons (Fsp3) is 1.00. The SMILES string of the molecule is C[C@@H]1CN(S(=O)(=O)N2CCC[C@H]([C@@H](C)N)C2)[C@H](C)CO1. The summed E-state index contributed by atoms with van der Waals surface area (Å²) in [5, 5.41) is 0. The van der Waals surface area contributed by atoms with E-state index in [1.54, 1.807) is 8.61 Å². The molecule has 0 saturated carbocycles. The molecule has 0 aromatic carbocycles. The Bertz CT molecular complexity index is 427. The molecule has 0 amide bonds. The van der Waals surface area contributed by atoms with Crippen molar-refractivity contribution in [1.29, 1.82) is 0 Å². The molecule has 0 aromatic rings. The number of hydrogen-bond acceptors (Lipinski definition) is 4. The molecular formula is C13H27N3O3S. The van der Waals surface area contributed by atoms with E-state index in [0.29, 0.717) is 26.2 Å². The van der Waals surface area contributed by atoms with E-state index >= 15 is 0 Å². The van der Waals surface area contributed by atoms with Gasteiger partial charge in [-0.25, -0.2) is 0 Å². The molecule has 4 atom stereocenters. The highest BCUT2D eigenvalue weighted by molar-refractivity contribution is 7.86. The van der Waals surface area contributed by atoms with Gasteiger partial charge < -0.3 is 10.5 Å². The molecule has 2 N–H and O–H groups in total. The third-order valence-electron chi connectivity index (χ3n) is 4.34. The predicted molar refractivity (Wildman–Crippen MR) is 78.4 cm³/mol. The Labute approximate surface area is 122 Å². The van der Waals surface area contributed by atoms with Crippen molar-refractivity contribution >= 4 is 10.2 Å². The van der Waals surface area contributed by atoms with Gasteiger partial charge in [-0.15, -0.1) is 0 Å². The first-order valence-corrected chi connectivity index (χ1v) is 8.86. The van der Waals surface area contributed by atoms with Gasteiger partial charge in [-0.05, 0) is 39.5 Å². The van der Waals surface area contributed by atoms with Crippen molar-refractivity contribution in [3.8, 4) is 0 Å². The Balaban J connectivity index is 2.12. The molecule has 20 heavy (non-hydrogen) atoms. The molecule has 2 heterocycles. The summed E-state index contributed by atoms with van der Waals surface area (Å²) >= 11 is 0. The summed E-state index contributed by atoms with van der Waals surface area (Å²) in [7, 11) is -3.40. The topological polar surface area (TPSA) is 75.9 Å². The summed E-state index contributed by atoms with van der Waals surface area (Å²) in [5.74, 6) is 0.257. The Hall–Kier alpha value is -0.210. The van der Waals surface area contributed by atoms with Crippen LogP contribution in [0.5, 0.6) is 0 Å². The number of ether oxygens (including phenoxy) is 1. The first-order chi connectivity index (χ1) is 9.32. The number of rotatable bonds is 3. The molecule has 0 aliphatic carbocycles. The molecule has 6 nitrogen and oxygen atoms in total. The zero-order valence-electron chi connectivity index (χ0n) is 12.7. The first kappa shape index (κ1) is 16.2. The molecule has 2 aliphatic heterocycles. The van der Waals surface area contributed by atoms with E-state index in [1.807, 2.05) is 20.8 Å². The summed E-state index contributed by atoms with van der Waals surface area (Å²) < 4.78 is 34.4. The Morgan fingerprint density at radius 3 is 2.65 bits per heavy atom. The van der Waals surface area contributed by atoms with Crippen molar-refractivity contribution in [3.05, 3.63) is 0 Å². The molecule has 0 radical (unpaired) electrons. The Morgan fingerprint density at radius 2 is 2.00 bits per heavy atom. The zero-order valence-corrected chi connectivity index (χ0v) is 13.5. The van der Waals surface area contributed by atoms with Gasteiger partial charge in [0.2, 0.25) is 0 Å². The van der Waals surface area contributed by atoms with Crippen LogP contribution in [-0.4, -0.2) is 61.5 Å². The van der Waals surface area contributed by atoms with Crippen LogP contribution in [0, 0.1) is 5.92 Å². The second-order valence-electron chi connectivity index (χ2n) is 6.19. The number of nitrogens with zero attached hydrogens (tertiary/aromatic N) is 2. The summed E-state index contributed by atoms with van der Waals surface area (Å²) in [6.07, 6.45) is 1.85. The summed E-state index contributed by atoms with van der Waals surface area (Å²) in [6, 6.07) is -0.0686. The van der Waals surface area contributed by atoms with E-state index < -0.39 is 10.2 Å². The van der Waals surface area contributed by atoms with Crippen LogP contribution in [0.4, 0.5) is 0 Å². The monoisotopic (exact) mass is 305 g/mol. The van der Waals surface area contributed by atoms with Gasteiger partial charge >= 0.3 is 0 Å². The lowest BCUT2D eigenvalue weighted by molar-refractivity contribution is -0.0195. The van der Waals surface area contributed by atoms with Gasteiger partial charge in [-0.2, -0.15) is 17.0 Å². The molecule has 0 bridgehead atoms. The van der Waals surface area contributed by atoms with Crippen LogP contribution >= 0.6 is 0 Å². The molecule has 2 rings (SSSR count). The Kier molecular flexibility index (Phi) is 5.07. The van der Waals surface area contributed by atoms with Crippen molar-refractivity contribution < 1.29 is 13.2 Å². The van der Waals surface area contributed by atoms with Crippen LogP contribution in [0.15, 0.2) is 0 Å². The molecule has 0 spiro atoms. The van der Waals surface area contributed by atoms with E-state index in [4.69, 9.17) is 10.5 Å². The number of nitrogens with two attached hydrogens (primary N) is 1. The lowest BCUT2D eigenvalue weighted by Gasteiger charge is -2.41. The molecule has 118 valence electrons. The number of piperidine rings is 1. The summed E-state index contributed by atoms with van der Waals surface area (Å²) in [5.41, 5.74) is 5.95. The van der Waals surface area contributed by atoms with Gasteiger partial charge in [0.05, 0.1) is 12.7 Å². The standard InChI is InChI=1S/C13H27N3O3S/c1-10-9-19-11(2)7-16(10)20(17,18)15-6-4-5-13(8-15)12(3)14/h10-13H,4-9,14H2,1-3H3/t10-,11-,12-,13+/m1/s1. The minimum Gasteiger partial charge on any atom is -0.375 e. The molecule has 0 aromatic heterocycles. The smallest absolute Gasteiger partial charge is 0.282 e. The van der Waals surface area contributed by atoms with Crippen LogP contribution in [0.1, 0.15) is 33.6 Å². The van der Waals surface area contributed by atoms with Gasteiger partial charge in [0.1, 0.15) is 0 Å². The first-order valence-electron chi connectivity index (χ1n) is 7.46. The van der Waals surface area contributed by atoms with E-state index in [9.17, 15) is 8.42 Å². The number of morpholine rings is 1. The van der Waals surface area contributed by atoms with Crippen molar-refractivity contribution in [2.24, 2.45) is 11.7 Å². The van der Waals surface area contributed by atoms with Crippen molar-refractivity contribution in [2.45, 2.75) is 51.8 Å². The maximum atomic E-state index is 12.8. The minimum atomic E-state index is -3.40. The Morgan fingerprint density at radius 1 is 1.30 bits per heavy atom.